The summed E-state index contributed by atoms with van der Waals surface area (Å²) < 4.78 is 5.18. The predicted molar refractivity (Wildman–Crippen MR) is 77.4 cm³/mol. The van der Waals surface area contributed by atoms with E-state index in [1.807, 2.05) is 24.3 Å². The first kappa shape index (κ1) is 12.8. The maximum absolute atomic E-state index is 12.2. The molecule has 0 atom stereocenters. The number of methoxy groups -OCH3 is 1. The monoisotopic (exact) mass is 286 g/mol. The number of aromatic nitrogens is 1. The second-order valence-corrected chi connectivity index (χ2v) is 4.85. The van der Waals surface area contributed by atoms with Crippen LogP contribution in [-0.2, 0) is 0 Å². The summed E-state index contributed by atoms with van der Waals surface area (Å²) in [4.78, 5) is 20.7. The Labute approximate surface area is 121 Å². The number of halogens is 1. The van der Waals surface area contributed by atoms with Crippen LogP contribution < -0.4 is 4.74 Å². The summed E-state index contributed by atoms with van der Waals surface area (Å²) in [5, 5.41) is 0.442. The summed E-state index contributed by atoms with van der Waals surface area (Å²) in [7, 11) is 1.60. The Balaban J connectivity index is 2.07. The van der Waals surface area contributed by atoms with E-state index in [1.54, 1.807) is 13.2 Å². The Morgan fingerprint density at radius 1 is 1.30 bits per heavy atom. The smallest absolute Gasteiger partial charge is 0.172 e. The lowest BCUT2D eigenvalue weighted by atomic mass is 9.98. The molecule has 0 saturated carbocycles. The minimum Gasteiger partial charge on any atom is -0.497 e. The third-order valence-corrected chi connectivity index (χ3v) is 3.31. The Hall–Kier alpha value is -2.20. The van der Waals surface area contributed by atoms with Gasteiger partial charge in [0.2, 0.25) is 0 Å². The number of hydrogen-bond acceptors (Lipinski definition) is 4. The van der Waals surface area contributed by atoms with Crippen molar-refractivity contribution >= 4 is 28.9 Å². The van der Waals surface area contributed by atoms with Gasteiger partial charge in [-0.15, -0.1) is 0 Å². The Bertz CT molecular complexity index is 726. The first-order chi connectivity index (χ1) is 9.67. The van der Waals surface area contributed by atoms with Crippen molar-refractivity contribution in [3.8, 4) is 5.75 Å². The van der Waals surface area contributed by atoms with Crippen molar-refractivity contribution in [1.29, 1.82) is 0 Å². The van der Waals surface area contributed by atoms with E-state index in [-0.39, 0.29) is 12.2 Å². The van der Waals surface area contributed by atoms with Crippen LogP contribution in [0.4, 0.5) is 5.82 Å². The van der Waals surface area contributed by atoms with E-state index in [1.165, 1.54) is 6.20 Å². The van der Waals surface area contributed by atoms with Crippen molar-refractivity contribution in [3.05, 3.63) is 52.7 Å². The largest absolute Gasteiger partial charge is 0.497 e. The van der Waals surface area contributed by atoms with Crippen LogP contribution in [0.15, 0.2) is 41.5 Å². The standard InChI is InChI=1S/C15H11ClN2O2/c1-20-11-4-2-3-9(5-11)13-7-14(19)12-6-10(16)8-17-15(12)18-13/h2-6,8H,7H2,1H3. The van der Waals surface area contributed by atoms with Gasteiger partial charge in [-0.3, -0.25) is 4.79 Å². The maximum Gasteiger partial charge on any atom is 0.172 e. The number of pyridine rings is 1. The van der Waals surface area contributed by atoms with Crippen LogP contribution in [0.1, 0.15) is 22.3 Å². The van der Waals surface area contributed by atoms with E-state index in [9.17, 15) is 4.79 Å². The van der Waals surface area contributed by atoms with Gasteiger partial charge in [-0.25, -0.2) is 9.98 Å². The second-order valence-electron chi connectivity index (χ2n) is 4.42. The van der Waals surface area contributed by atoms with Gasteiger partial charge in [0.25, 0.3) is 0 Å². The number of carbonyl (C=O) groups is 1. The number of aliphatic imine (C=N–C) groups is 1. The fourth-order valence-electron chi connectivity index (χ4n) is 2.11. The fourth-order valence-corrected chi connectivity index (χ4v) is 2.27. The summed E-state index contributed by atoms with van der Waals surface area (Å²) in [6.45, 7) is 0. The van der Waals surface area contributed by atoms with Crippen molar-refractivity contribution in [2.24, 2.45) is 4.99 Å². The zero-order valence-electron chi connectivity index (χ0n) is 10.8. The number of fused-ring (bicyclic) bond motifs is 1. The summed E-state index contributed by atoms with van der Waals surface area (Å²) in [5.74, 6) is 1.12. The molecule has 100 valence electrons. The molecule has 2 heterocycles. The number of ether oxygens (including phenoxy) is 1. The number of carbonyl (C=O) groups excluding carboxylic acids is 1. The van der Waals surface area contributed by atoms with Crippen molar-refractivity contribution in [2.45, 2.75) is 6.42 Å². The van der Waals surface area contributed by atoms with Crippen LogP contribution in [0.25, 0.3) is 0 Å². The molecule has 1 aromatic carbocycles. The Morgan fingerprint density at radius 3 is 2.95 bits per heavy atom. The minimum atomic E-state index is -0.0252. The summed E-state index contributed by atoms with van der Waals surface area (Å²) in [6.07, 6.45) is 1.73. The molecule has 2 aromatic rings. The average Bonchev–Trinajstić information content (AvgIpc) is 2.48. The van der Waals surface area contributed by atoms with E-state index in [4.69, 9.17) is 16.3 Å². The SMILES string of the molecule is COc1cccc(C2=Nc3ncc(Cl)cc3C(=O)C2)c1. The lowest BCUT2D eigenvalue weighted by Gasteiger charge is -2.14. The van der Waals surface area contributed by atoms with Crippen molar-refractivity contribution < 1.29 is 9.53 Å². The molecule has 20 heavy (non-hydrogen) atoms. The van der Waals surface area contributed by atoms with E-state index in [0.29, 0.717) is 22.1 Å². The van der Waals surface area contributed by atoms with Crippen LogP contribution in [0, 0.1) is 0 Å². The molecule has 1 aliphatic rings. The van der Waals surface area contributed by atoms with E-state index >= 15 is 0 Å². The van der Waals surface area contributed by atoms with Crippen LogP contribution in [0.3, 0.4) is 0 Å². The predicted octanol–water partition coefficient (Wildman–Crippen LogP) is 3.45. The van der Waals surface area contributed by atoms with Crippen molar-refractivity contribution in [1.82, 2.24) is 4.98 Å². The molecule has 1 aromatic heterocycles. The number of rotatable bonds is 2. The molecule has 0 saturated heterocycles. The van der Waals surface area contributed by atoms with Gasteiger partial charge in [0.05, 0.1) is 29.8 Å². The molecule has 0 aliphatic carbocycles. The molecule has 5 heteroatoms. The molecule has 4 nitrogen and oxygen atoms in total. The first-order valence-electron chi connectivity index (χ1n) is 6.08. The highest BCUT2D eigenvalue weighted by atomic mass is 35.5. The highest BCUT2D eigenvalue weighted by Gasteiger charge is 2.22. The highest BCUT2D eigenvalue weighted by Crippen LogP contribution is 2.28. The van der Waals surface area contributed by atoms with Gasteiger partial charge in [0.1, 0.15) is 5.75 Å². The molecule has 0 amide bonds. The number of nitrogens with zero attached hydrogens (tertiary/aromatic N) is 2. The average molecular weight is 287 g/mol. The van der Waals surface area contributed by atoms with Crippen molar-refractivity contribution in [2.75, 3.05) is 7.11 Å². The molecule has 0 spiro atoms. The summed E-state index contributed by atoms with van der Waals surface area (Å²) >= 11 is 5.86. The van der Waals surface area contributed by atoms with Gasteiger partial charge < -0.3 is 4.74 Å². The van der Waals surface area contributed by atoms with E-state index in [2.05, 4.69) is 9.98 Å². The van der Waals surface area contributed by atoms with Crippen LogP contribution in [-0.4, -0.2) is 23.6 Å². The third-order valence-electron chi connectivity index (χ3n) is 3.11. The summed E-state index contributed by atoms with van der Waals surface area (Å²) in [5.41, 5.74) is 2.03. The summed E-state index contributed by atoms with van der Waals surface area (Å²) in [6, 6.07) is 9.08. The minimum absolute atomic E-state index is 0.0252. The normalized spacial score (nSPS) is 13.7. The quantitative estimate of drug-likeness (QED) is 0.849. The van der Waals surface area contributed by atoms with Gasteiger partial charge in [-0.05, 0) is 18.2 Å². The van der Waals surface area contributed by atoms with Gasteiger partial charge in [-0.1, -0.05) is 23.7 Å². The van der Waals surface area contributed by atoms with Crippen LogP contribution >= 0.6 is 11.6 Å². The molecule has 0 N–H and O–H groups in total. The van der Waals surface area contributed by atoms with E-state index < -0.39 is 0 Å². The second kappa shape index (κ2) is 5.06. The zero-order chi connectivity index (χ0) is 14.1. The molecule has 1 aliphatic heterocycles. The lowest BCUT2D eigenvalue weighted by Crippen LogP contribution is -2.15. The van der Waals surface area contributed by atoms with E-state index in [0.717, 1.165) is 11.3 Å². The Morgan fingerprint density at radius 2 is 2.15 bits per heavy atom. The number of benzene rings is 1. The molecular formula is C15H11ClN2O2. The van der Waals surface area contributed by atoms with Gasteiger partial charge in [0.15, 0.2) is 11.6 Å². The first-order valence-corrected chi connectivity index (χ1v) is 6.46. The number of hydrogen-bond donors (Lipinski definition) is 0. The topological polar surface area (TPSA) is 51.6 Å². The van der Waals surface area contributed by atoms with Crippen molar-refractivity contribution in [3.63, 3.8) is 0 Å². The van der Waals surface area contributed by atoms with Crippen LogP contribution in [0.2, 0.25) is 5.02 Å². The molecule has 0 fully saturated rings. The number of ketones is 1. The molecule has 3 rings (SSSR count). The third kappa shape index (κ3) is 2.30. The maximum atomic E-state index is 12.2. The molecule has 0 bridgehead atoms. The molecule has 0 unspecified atom stereocenters. The molecule has 0 radical (unpaired) electrons. The Kier molecular flexibility index (Phi) is 3.24. The van der Waals surface area contributed by atoms with Gasteiger partial charge in [0, 0.05) is 11.8 Å². The molecular weight excluding hydrogens is 276 g/mol. The van der Waals surface area contributed by atoms with Gasteiger partial charge >= 0.3 is 0 Å². The van der Waals surface area contributed by atoms with Crippen LogP contribution in [0.5, 0.6) is 5.75 Å². The lowest BCUT2D eigenvalue weighted by molar-refractivity contribution is 0.0999. The number of Topliss-reactive ketones (excluding diaryl/α,β-unsaturated/α-hetero) is 1. The zero-order valence-corrected chi connectivity index (χ0v) is 11.5. The highest BCUT2D eigenvalue weighted by molar-refractivity contribution is 6.31. The van der Waals surface area contributed by atoms with Gasteiger partial charge in [-0.2, -0.15) is 0 Å². The fraction of sp³-hybridized carbons (Fsp3) is 0.133.